The number of rotatable bonds is 6. The molecule has 2 aromatic carbocycles. The van der Waals surface area contributed by atoms with Gasteiger partial charge < -0.3 is 4.74 Å². The first-order valence-corrected chi connectivity index (χ1v) is 9.86. The summed E-state index contributed by atoms with van der Waals surface area (Å²) in [6.07, 6.45) is 3.49. The van der Waals surface area contributed by atoms with Gasteiger partial charge in [0.05, 0.1) is 17.9 Å². The fourth-order valence-corrected chi connectivity index (χ4v) is 3.92. The molecular formula is C22H19N3O2S. The fourth-order valence-electron chi connectivity index (χ4n) is 2.94. The Morgan fingerprint density at radius 1 is 1.07 bits per heavy atom. The van der Waals surface area contributed by atoms with Crippen molar-refractivity contribution in [3.8, 4) is 5.75 Å². The van der Waals surface area contributed by atoms with E-state index in [1.165, 1.54) is 11.3 Å². The lowest BCUT2D eigenvalue weighted by atomic mass is 10.2. The van der Waals surface area contributed by atoms with Gasteiger partial charge in [0.2, 0.25) is 0 Å². The molecule has 0 unspecified atom stereocenters. The Morgan fingerprint density at radius 2 is 1.93 bits per heavy atom. The van der Waals surface area contributed by atoms with E-state index >= 15 is 0 Å². The summed E-state index contributed by atoms with van der Waals surface area (Å²) in [4.78, 5) is 23.9. The summed E-state index contributed by atoms with van der Waals surface area (Å²) >= 11 is 1.48. The molecule has 4 aromatic rings. The third kappa shape index (κ3) is 3.73. The number of carbonyl (C=O) groups excluding carboxylic acids is 1. The zero-order chi connectivity index (χ0) is 19.3. The van der Waals surface area contributed by atoms with Gasteiger partial charge in [0.25, 0.3) is 5.91 Å². The maximum atomic E-state index is 13.3. The molecule has 140 valence electrons. The Balaban J connectivity index is 1.77. The molecule has 0 aliphatic carbocycles. The van der Waals surface area contributed by atoms with Crippen LogP contribution in [0.2, 0.25) is 0 Å². The lowest BCUT2D eigenvalue weighted by molar-refractivity contribution is 0.0985. The SMILES string of the molecule is CCOc1cccc2sc(N(Cc3cccnc3)C(=O)c3ccccc3)nc12. The molecule has 2 heterocycles. The number of hydrogen-bond acceptors (Lipinski definition) is 5. The third-order valence-corrected chi connectivity index (χ3v) is 5.27. The van der Waals surface area contributed by atoms with Crippen LogP contribution in [0.15, 0.2) is 73.1 Å². The Morgan fingerprint density at radius 3 is 2.68 bits per heavy atom. The molecule has 2 aromatic heterocycles. The normalized spacial score (nSPS) is 10.8. The van der Waals surface area contributed by atoms with E-state index in [1.807, 2.05) is 67.6 Å². The molecule has 0 N–H and O–H groups in total. The maximum absolute atomic E-state index is 13.3. The van der Waals surface area contributed by atoms with Gasteiger partial charge in [0.1, 0.15) is 11.3 Å². The smallest absolute Gasteiger partial charge is 0.260 e. The van der Waals surface area contributed by atoms with Gasteiger partial charge in [-0.2, -0.15) is 0 Å². The second-order valence-corrected chi connectivity index (χ2v) is 7.16. The summed E-state index contributed by atoms with van der Waals surface area (Å²) in [5.41, 5.74) is 2.34. The van der Waals surface area contributed by atoms with Crippen LogP contribution < -0.4 is 9.64 Å². The molecule has 0 bridgehead atoms. The molecule has 0 atom stereocenters. The predicted molar refractivity (Wildman–Crippen MR) is 112 cm³/mol. The summed E-state index contributed by atoms with van der Waals surface area (Å²) < 4.78 is 6.69. The van der Waals surface area contributed by atoms with E-state index in [0.717, 1.165) is 21.5 Å². The number of pyridine rings is 1. The molecule has 0 saturated heterocycles. The van der Waals surface area contributed by atoms with Crippen LogP contribution in [0.5, 0.6) is 5.75 Å². The van der Waals surface area contributed by atoms with Crippen molar-refractivity contribution in [1.29, 1.82) is 0 Å². The van der Waals surface area contributed by atoms with E-state index in [0.29, 0.717) is 23.8 Å². The molecular weight excluding hydrogens is 370 g/mol. The summed E-state index contributed by atoms with van der Waals surface area (Å²) in [6.45, 7) is 2.90. The lowest BCUT2D eigenvalue weighted by Gasteiger charge is -2.20. The van der Waals surface area contributed by atoms with Crippen molar-refractivity contribution in [1.82, 2.24) is 9.97 Å². The van der Waals surface area contributed by atoms with Gasteiger partial charge in [-0.1, -0.05) is 41.7 Å². The predicted octanol–water partition coefficient (Wildman–Crippen LogP) is 4.94. The number of carbonyl (C=O) groups is 1. The minimum Gasteiger partial charge on any atom is -0.492 e. The number of aromatic nitrogens is 2. The Hall–Kier alpha value is -3.25. The number of amides is 1. The summed E-state index contributed by atoms with van der Waals surface area (Å²) in [7, 11) is 0. The van der Waals surface area contributed by atoms with Crippen molar-refractivity contribution in [3.05, 3.63) is 84.2 Å². The van der Waals surface area contributed by atoms with Gasteiger partial charge in [-0.15, -0.1) is 0 Å². The van der Waals surface area contributed by atoms with Gasteiger partial charge in [-0.3, -0.25) is 14.7 Å². The van der Waals surface area contributed by atoms with Crippen LogP contribution in [0.4, 0.5) is 5.13 Å². The Bertz CT molecular complexity index is 1080. The van der Waals surface area contributed by atoms with Crippen LogP contribution in [-0.2, 0) is 6.54 Å². The van der Waals surface area contributed by atoms with Gasteiger partial charge in [0.15, 0.2) is 5.13 Å². The Kier molecular flexibility index (Phi) is 5.30. The topological polar surface area (TPSA) is 55.3 Å². The maximum Gasteiger partial charge on any atom is 0.260 e. The highest BCUT2D eigenvalue weighted by Crippen LogP contribution is 2.35. The van der Waals surface area contributed by atoms with Crippen LogP contribution in [0.25, 0.3) is 10.2 Å². The quantitative estimate of drug-likeness (QED) is 0.469. The number of thiazole rings is 1. The second kappa shape index (κ2) is 8.19. The van der Waals surface area contributed by atoms with Crippen molar-refractivity contribution in [2.45, 2.75) is 13.5 Å². The summed E-state index contributed by atoms with van der Waals surface area (Å²) in [6, 6.07) is 18.9. The van der Waals surface area contributed by atoms with Gasteiger partial charge >= 0.3 is 0 Å². The van der Waals surface area contributed by atoms with E-state index in [-0.39, 0.29) is 5.91 Å². The number of para-hydroxylation sites is 1. The molecule has 1 amide bonds. The molecule has 0 radical (unpaired) electrons. The molecule has 0 spiro atoms. The van der Waals surface area contributed by atoms with Crippen LogP contribution >= 0.6 is 11.3 Å². The third-order valence-electron chi connectivity index (χ3n) is 4.23. The van der Waals surface area contributed by atoms with Crippen molar-refractivity contribution < 1.29 is 9.53 Å². The molecule has 0 aliphatic heterocycles. The first-order valence-electron chi connectivity index (χ1n) is 9.04. The van der Waals surface area contributed by atoms with E-state index in [2.05, 4.69) is 4.98 Å². The zero-order valence-electron chi connectivity index (χ0n) is 15.4. The monoisotopic (exact) mass is 389 g/mol. The number of fused-ring (bicyclic) bond motifs is 1. The van der Waals surface area contributed by atoms with Gasteiger partial charge in [-0.25, -0.2) is 4.98 Å². The van der Waals surface area contributed by atoms with Crippen molar-refractivity contribution in [3.63, 3.8) is 0 Å². The molecule has 0 aliphatic rings. The second-order valence-electron chi connectivity index (χ2n) is 6.15. The van der Waals surface area contributed by atoms with Gasteiger partial charge in [0, 0.05) is 18.0 Å². The molecule has 0 saturated carbocycles. The average Bonchev–Trinajstić information content (AvgIpc) is 3.18. The highest BCUT2D eigenvalue weighted by molar-refractivity contribution is 7.22. The van der Waals surface area contributed by atoms with E-state index in [9.17, 15) is 4.79 Å². The minimum absolute atomic E-state index is 0.0959. The highest BCUT2D eigenvalue weighted by Gasteiger charge is 2.22. The lowest BCUT2D eigenvalue weighted by Crippen LogP contribution is -2.30. The highest BCUT2D eigenvalue weighted by atomic mass is 32.1. The number of benzene rings is 2. The molecule has 0 fully saturated rings. The first kappa shape index (κ1) is 18.1. The van der Waals surface area contributed by atoms with Crippen LogP contribution in [0.3, 0.4) is 0 Å². The zero-order valence-corrected chi connectivity index (χ0v) is 16.2. The van der Waals surface area contributed by atoms with Crippen LogP contribution in [-0.4, -0.2) is 22.5 Å². The Labute approximate surface area is 167 Å². The summed E-state index contributed by atoms with van der Waals surface area (Å²) in [5.74, 6) is 0.637. The van der Waals surface area contributed by atoms with E-state index in [4.69, 9.17) is 9.72 Å². The summed E-state index contributed by atoms with van der Waals surface area (Å²) in [5, 5.41) is 0.639. The van der Waals surface area contributed by atoms with Crippen LogP contribution in [0.1, 0.15) is 22.8 Å². The minimum atomic E-state index is -0.0959. The molecule has 5 nitrogen and oxygen atoms in total. The number of anilines is 1. The standard InChI is InChI=1S/C22H19N3O2S/c1-2-27-18-11-6-12-19-20(18)24-22(28-19)25(15-16-8-7-13-23-14-16)21(26)17-9-4-3-5-10-17/h3-14H,2,15H2,1H3. The van der Waals surface area contributed by atoms with Gasteiger partial charge in [-0.05, 0) is 42.8 Å². The molecule has 6 heteroatoms. The van der Waals surface area contributed by atoms with Crippen LogP contribution in [0, 0.1) is 0 Å². The number of ether oxygens (including phenoxy) is 1. The van der Waals surface area contributed by atoms with E-state index < -0.39 is 0 Å². The van der Waals surface area contributed by atoms with E-state index in [1.54, 1.807) is 17.3 Å². The largest absolute Gasteiger partial charge is 0.492 e. The average molecular weight is 389 g/mol. The fraction of sp³-hybridized carbons (Fsp3) is 0.136. The van der Waals surface area contributed by atoms with Crippen molar-refractivity contribution >= 4 is 32.6 Å². The van der Waals surface area contributed by atoms with Crippen molar-refractivity contribution in [2.24, 2.45) is 0 Å². The molecule has 4 rings (SSSR count). The number of nitrogens with zero attached hydrogens (tertiary/aromatic N) is 3. The van der Waals surface area contributed by atoms with Crippen molar-refractivity contribution in [2.75, 3.05) is 11.5 Å². The molecule has 28 heavy (non-hydrogen) atoms. The number of hydrogen-bond donors (Lipinski definition) is 0. The first-order chi connectivity index (χ1) is 13.8.